The summed E-state index contributed by atoms with van der Waals surface area (Å²) in [6.07, 6.45) is 14.9. The number of esters is 1. The van der Waals surface area contributed by atoms with Gasteiger partial charge in [-0.05, 0) is 33.6 Å². The van der Waals surface area contributed by atoms with Crippen LogP contribution < -0.4 is 0 Å². The van der Waals surface area contributed by atoms with E-state index in [4.69, 9.17) is 4.74 Å². The summed E-state index contributed by atoms with van der Waals surface area (Å²) in [5, 5.41) is 1.15. The second kappa shape index (κ2) is 13.6. The van der Waals surface area contributed by atoms with Crippen LogP contribution in [0.5, 0.6) is 0 Å². The van der Waals surface area contributed by atoms with Crippen molar-refractivity contribution in [2.75, 3.05) is 5.33 Å². The van der Waals surface area contributed by atoms with Crippen LogP contribution in [-0.2, 0) is 9.53 Å². The Morgan fingerprint density at radius 3 is 1.52 bits per heavy atom. The second-order valence-electron chi connectivity index (χ2n) is 6.91. The zero-order valence-electron chi connectivity index (χ0n) is 14.4. The van der Waals surface area contributed by atoms with Crippen LogP contribution in [0.25, 0.3) is 0 Å². The lowest BCUT2D eigenvalue weighted by Gasteiger charge is -2.19. The van der Waals surface area contributed by atoms with Gasteiger partial charge in [0.15, 0.2) is 0 Å². The van der Waals surface area contributed by atoms with Gasteiger partial charge in [0.2, 0.25) is 0 Å². The lowest BCUT2D eigenvalue weighted by Crippen LogP contribution is -2.23. The Labute approximate surface area is 140 Å². The minimum Gasteiger partial charge on any atom is -0.460 e. The van der Waals surface area contributed by atoms with Crippen LogP contribution in [0.2, 0.25) is 0 Å². The molecule has 0 saturated heterocycles. The molecule has 0 heterocycles. The van der Waals surface area contributed by atoms with Crippen LogP contribution in [0.15, 0.2) is 0 Å². The molecule has 0 aliphatic rings. The number of carbonyl (C=O) groups excluding carboxylic acids is 1. The van der Waals surface area contributed by atoms with Crippen molar-refractivity contribution in [3.8, 4) is 0 Å². The van der Waals surface area contributed by atoms with Crippen molar-refractivity contribution in [1.82, 2.24) is 0 Å². The van der Waals surface area contributed by atoms with Crippen LogP contribution in [0.1, 0.15) is 97.8 Å². The van der Waals surface area contributed by atoms with Gasteiger partial charge in [-0.15, -0.1) is 0 Å². The highest BCUT2D eigenvalue weighted by atomic mass is 79.9. The van der Waals surface area contributed by atoms with Crippen LogP contribution >= 0.6 is 15.9 Å². The molecule has 21 heavy (non-hydrogen) atoms. The fraction of sp³-hybridized carbons (Fsp3) is 0.944. The Balaban J connectivity index is 3.17. The predicted molar refractivity (Wildman–Crippen MR) is 95.0 cm³/mol. The number of halogens is 1. The molecule has 0 rings (SSSR count). The van der Waals surface area contributed by atoms with Gasteiger partial charge in [-0.1, -0.05) is 73.7 Å². The van der Waals surface area contributed by atoms with E-state index in [9.17, 15) is 4.79 Å². The molecule has 2 nitrogen and oxygen atoms in total. The van der Waals surface area contributed by atoms with Gasteiger partial charge in [0.25, 0.3) is 0 Å². The first-order valence-corrected chi connectivity index (χ1v) is 9.85. The third kappa shape index (κ3) is 17.9. The molecule has 0 fully saturated rings. The van der Waals surface area contributed by atoms with Crippen molar-refractivity contribution >= 4 is 21.9 Å². The summed E-state index contributed by atoms with van der Waals surface area (Å²) >= 11 is 3.47. The first-order valence-electron chi connectivity index (χ1n) is 8.73. The number of carbonyl (C=O) groups is 1. The Morgan fingerprint density at radius 2 is 1.14 bits per heavy atom. The van der Waals surface area contributed by atoms with E-state index in [1.54, 1.807) is 0 Å². The highest BCUT2D eigenvalue weighted by molar-refractivity contribution is 9.09. The van der Waals surface area contributed by atoms with E-state index in [0.29, 0.717) is 6.42 Å². The van der Waals surface area contributed by atoms with E-state index in [0.717, 1.165) is 18.2 Å². The molecule has 0 atom stereocenters. The van der Waals surface area contributed by atoms with Gasteiger partial charge in [-0.2, -0.15) is 0 Å². The zero-order chi connectivity index (χ0) is 16.0. The van der Waals surface area contributed by atoms with Crippen molar-refractivity contribution < 1.29 is 9.53 Å². The molecule has 0 saturated carbocycles. The Bertz CT molecular complexity index is 246. The van der Waals surface area contributed by atoms with Crippen LogP contribution in [0.4, 0.5) is 0 Å². The van der Waals surface area contributed by atoms with E-state index in [1.807, 2.05) is 20.8 Å². The summed E-state index contributed by atoms with van der Waals surface area (Å²) < 4.78 is 5.30. The fourth-order valence-corrected chi connectivity index (χ4v) is 2.74. The van der Waals surface area contributed by atoms with E-state index in [1.165, 1.54) is 57.8 Å². The number of hydrogen-bond donors (Lipinski definition) is 0. The molecule has 3 heteroatoms. The van der Waals surface area contributed by atoms with E-state index in [-0.39, 0.29) is 11.6 Å². The number of unbranched alkanes of at least 4 members (excludes halogenated alkanes) is 10. The summed E-state index contributed by atoms with van der Waals surface area (Å²) in [7, 11) is 0. The molecule has 0 aliphatic heterocycles. The summed E-state index contributed by atoms with van der Waals surface area (Å²) in [4.78, 5) is 11.5. The maximum absolute atomic E-state index is 11.5. The van der Waals surface area contributed by atoms with Crippen LogP contribution in [-0.4, -0.2) is 16.9 Å². The van der Waals surface area contributed by atoms with Gasteiger partial charge >= 0.3 is 5.97 Å². The Hall–Kier alpha value is -0.0500. The smallest absolute Gasteiger partial charge is 0.306 e. The molecule has 0 spiro atoms. The highest BCUT2D eigenvalue weighted by Gasteiger charge is 2.15. The third-order valence-electron chi connectivity index (χ3n) is 3.43. The minimum atomic E-state index is -0.342. The monoisotopic (exact) mass is 362 g/mol. The van der Waals surface area contributed by atoms with E-state index >= 15 is 0 Å². The van der Waals surface area contributed by atoms with E-state index in [2.05, 4.69) is 15.9 Å². The number of ether oxygens (including phenoxy) is 1. The summed E-state index contributed by atoms with van der Waals surface area (Å²) in [6.45, 7) is 5.76. The van der Waals surface area contributed by atoms with Crippen molar-refractivity contribution in [3.63, 3.8) is 0 Å². The molecule has 0 unspecified atom stereocenters. The standard InChI is InChI=1S/C18H35BrO2/c1-18(2,3)21-17(20)15-13-11-9-7-5-4-6-8-10-12-14-16-19/h4-16H2,1-3H3. The molecule has 0 radical (unpaired) electrons. The minimum absolute atomic E-state index is 0.0500. The maximum Gasteiger partial charge on any atom is 0.306 e. The second-order valence-corrected chi connectivity index (χ2v) is 7.71. The highest BCUT2D eigenvalue weighted by Crippen LogP contribution is 2.14. The van der Waals surface area contributed by atoms with E-state index < -0.39 is 0 Å². The van der Waals surface area contributed by atoms with Gasteiger partial charge < -0.3 is 4.74 Å². The number of rotatable bonds is 13. The average molecular weight is 363 g/mol. The maximum atomic E-state index is 11.5. The average Bonchev–Trinajstić information content (AvgIpc) is 2.38. The molecule has 0 amide bonds. The Kier molecular flexibility index (Phi) is 13.6. The molecule has 0 aromatic rings. The normalized spacial score (nSPS) is 11.6. The Morgan fingerprint density at radius 1 is 0.762 bits per heavy atom. The van der Waals surface area contributed by atoms with Gasteiger partial charge in [0.05, 0.1) is 0 Å². The zero-order valence-corrected chi connectivity index (χ0v) is 16.0. The quantitative estimate of drug-likeness (QED) is 0.215. The van der Waals surface area contributed by atoms with Gasteiger partial charge in [0, 0.05) is 11.8 Å². The number of alkyl halides is 1. The summed E-state index contributed by atoms with van der Waals surface area (Å²) in [5.41, 5.74) is -0.342. The molecule has 126 valence electrons. The first-order chi connectivity index (χ1) is 9.95. The van der Waals surface area contributed by atoms with Crippen LogP contribution in [0.3, 0.4) is 0 Å². The molecule has 0 N–H and O–H groups in total. The van der Waals surface area contributed by atoms with Crippen molar-refractivity contribution in [3.05, 3.63) is 0 Å². The van der Waals surface area contributed by atoms with Crippen molar-refractivity contribution in [1.29, 1.82) is 0 Å². The van der Waals surface area contributed by atoms with Gasteiger partial charge in [-0.3, -0.25) is 4.79 Å². The molecular weight excluding hydrogens is 328 g/mol. The van der Waals surface area contributed by atoms with Crippen LogP contribution in [0, 0.1) is 0 Å². The molecule has 0 aromatic carbocycles. The number of hydrogen-bond acceptors (Lipinski definition) is 2. The molecule has 0 aromatic heterocycles. The first kappa shape index (κ1) is 20.9. The lowest BCUT2D eigenvalue weighted by molar-refractivity contribution is -0.154. The largest absolute Gasteiger partial charge is 0.460 e. The SMILES string of the molecule is CC(C)(C)OC(=O)CCCCCCCCCCCCCBr. The topological polar surface area (TPSA) is 26.3 Å². The van der Waals surface area contributed by atoms with Gasteiger partial charge in [-0.25, -0.2) is 0 Å². The summed E-state index contributed by atoms with van der Waals surface area (Å²) in [5.74, 6) is -0.0500. The fourth-order valence-electron chi connectivity index (χ4n) is 2.35. The molecular formula is C18H35BrO2. The molecule has 0 aliphatic carbocycles. The lowest BCUT2D eigenvalue weighted by atomic mass is 10.1. The molecule has 0 bridgehead atoms. The third-order valence-corrected chi connectivity index (χ3v) is 4.00. The predicted octanol–water partition coefficient (Wildman–Crippen LogP) is 6.40. The van der Waals surface area contributed by atoms with Gasteiger partial charge in [0.1, 0.15) is 5.60 Å². The van der Waals surface area contributed by atoms with Crippen molar-refractivity contribution in [2.45, 2.75) is 103 Å². The summed E-state index contributed by atoms with van der Waals surface area (Å²) in [6, 6.07) is 0. The van der Waals surface area contributed by atoms with Crippen molar-refractivity contribution in [2.24, 2.45) is 0 Å².